The van der Waals surface area contributed by atoms with Crippen LogP contribution in [0.4, 0.5) is 0 Å². The minimum absolute atomic E-state index is 0.0141. The molecule has 3 rings (SSSR count). The van der Waals surface area contributed by atoms with Gasteiger partial charge in [0.25, 0.3) is 0 Å². The molecular formula is C18H22N2O6S. The van der Waals surface area contributed by atoms with E-state index in [4.69, 9.17) is 14.0 Å². The van der Waals surface area contributed by atoms with E-state index in [-0.39, 0.29) is 30.3 Å². The van der Waals surface area contributed by atoms with Crippen molar-refractivity contribution in [3.05, 3.63) is 40.3 Å². The van der Waals surface area contributed by atoms with Gasteiger partial charge in [-0.1, -0.05) is 5.16 Å². The summed E-state index contributed by atoms with van der Waals surface area (Å²) >= 11 is 0. The van der Waals surface area contributed by atoms with E-state index in [0.717, 1.165) is 0 Å². The van der Waals surface area contributed by atoms with E-state index < -0.39 is 16.0 Å². The fraction of sp³-hybridized carbons (Fsp3) is 0.444. The number of nitrogens with zero attached hydrogens (tertiary/aromatic N) is 2. The number of sulfonamides is 1. The Labute approximate surface area is 158 Å². The second kappa shape index (κ2) is 7.32. The van der Waals surface area contributed by atoms with Crippen LogP contribution in [0.25, 0.3) is 0 Å². The Hall–Kier alpha value is -2.39. The zero-order valence-corrected chi connectivity index (χ0v) is 16.6. The number of aromatic nitrogens is 1. The molecule has 0 spiro atoms. The molecule has 0 bridgehead atoms. The Kier molecular flexibility index (Phi) is 5.25. The topological polar surface area (TPSA) is 98.9 Å². The Morgan fingerprint density at radius 1 is 1.30 bits per heavy atom. The van der Waals surface area contributed by atoms with Gasteiger partial charge in [0.05, 0.1) is 18.6 Å². The molecule has 8 nitrogen and oxygen atoms in total. The number of carbonyl (C=O) groups is 1. The number of fused-ring (bicyclic) bond motifs is 1. The molecule has 2 heterocycles. The zero-order chi connectivity index (χ0) is 19.8. The number of esters is 1. The second-order valence-electron chi connectivity index (χ2n) is 6.33. The highest BCUT2D eigenvalue weighted by Crippen LogP contribution is 2.32. The Morgan fingerprint density at radius 2 is 1.96 bits per heavy atom. The maximum absolute atomic E-state index is 13.3. The van der Waals surface area contributed by atoms with Crippen LogP contribution >= 0.6 is 0 Å². The van der Waals surface area contributed by atoms with Crippen LogP contribution in [0, 0.1) is 13.8 Å². The summed E-state index contributed by atoms with van der Waals surface area (Å²) in [6.07, 6.45) is 0.342. The van der Waals surface area contributed by atoms with E-state index in [1.165, 1.54) is 11.4 Å². The summed E-state index contributed by atoms with van der Waals surface area (Å²) in [7, 11) is -2.23. The van der Waals surface area contributed by atoms with Crippen molar-refractivity contribution >= 4 is 16.0 Å². The maximum Gasteiger partial charge on any atom is 0.360 e. The molecule has 0 N–H and O–H groups in total. The van der Waals surface area contributed by atoms with Gasteiger partial charge in [0.1, 0.15) is 11.5 Å². The third-order valence-electron chi connectivity index (χ3n) is 4.53. The Morgan fingerprint density at radius 3 is 2.56 bits per heavy atom. The predicted molar refractivity (Wildman–Crippen MR) is 96.2 cm³/mol. The van der Waals surface area contributed by atoms with Crippen molar-refractivity contribution in [2.45, 2.75) is 38.6 Å². The van der Waals surface area contributed by atoms with E-state index in [1.807, 2.05) is 0 Å². The normalized spacial score (nSPS) is 14.7. The van der Waals surface area contributed by atoms with Crippen LogP contribution in [0.3, 0.4) is 0 Å². The predicted octanol–water partition coefficient (Wildman–Crippen LogP) is 2.22. The first-order valence-corrected chi connectivity index (χ1v) is 10.0. The van der Waals surface area contributed by atoms with Crippen LogP contribution in [-0.2, 0) is 27.7 Å². The zero-order valence-electron chi connectivity index (χ0n) is 15.7. The summed E-state index contributed by atoms with van der Waals surface area (Å²) in [6, 6.07) is 3.39. The average molecular weight is 394 g/mol. The third-order valence-corrected chi connectivity index (χ3v) is 6.68. The molecule has 0 aliphatic carbocycles. The Balaban J connectivity index is 1.97. The lowest BCUT2D eigenvalue weighted by molar-refractivity contribution is 0.0513. The number of carbonyl (C=O) groups excluding carboxylic acids is 1. The van der Waals surface area contributed by atoms with Gasteiger partial charge in [-0.15, -0.1) is 0 Å². The van der Waals surface area contributed by atoms with Crippen LogP contribution in [0.15, 0.2) is 21.6 Å². The number of rotatable bonds is 5. The fourth-order valence-electron chi connectivity index (χ4n) is 3.31. The molecule has 0 saturated carbocycles. The van der Waals surface area contributed by atoms with Gasteiger partial charge in [-0.05, 0) is 44.0 Å². The SMILES string of the molecule is CCOC(=O)c1noc2c1CN(S(=O)(=O)c1c(C)cc(OC)cc1C)CC2. The number of aryl methyl sites for hydroxylation is 2. The summed E-state index contributed by atoms with van der Waals surface area (Å²) in [5.74, 6) is 0.514. The van der Waals surface area contributed by atoms with E-state index in [1.54, 1.807) is 32.9 Å². The van der Waals surface area contributed by atoms with Gasteiger partial charge in [-0.2, -0.15) is 4.31 Å². The highest BCUT2D eigenvalue weighted by atomic mass is 32.2. The van der Waals surface area contributed by atoms with Crippen molar-refractivity contribution < 1.29 is 27.2 Å². The van der Waals surface area contributed by atoms with Crippen LogP contribution in [-0.4, -0.2) is 44.1 Å². The van der Waals surface area contributed by atoms with Crippen LogP contribution in [0.1, 0.15) is 39.9 Å². The summed E-state index contributed by atoms with van der Waals surface area (Å²) < 4.78 is 43.3. The van der Waals surface area contributed by atoms with Gasteiger partial charge in [-0.3, -0.25) is 0 Å². The molecule has 0 amide bonds. The van der Waals surface area contributed by atoms with E-state index in [9.17, 15) is 13.2 Å². The van der Waals surface area contributed by atoms with E-state index >= 15 is 0 Å². The molecule has 9 heteroatoms. The number of ether oxygens (including phenoxy) is 2. The smallest absolute Gasteiger partial charge is 0.360 e. The van der Waals surface area contributed by atoms with Crippen molar-refractivity contribution in [1.82, 2.24) is 9.46 Å². The molecule has 1 aromatic carbocycles. The van der Waals surface area contributed by atoms with E-state index in [2.05, 4.69) is 5.16 Å². The molecule has 0 unspecified atom stereocenters. The van der Waals surface area contributed by atoms with Crippen LogP contribution in [0.2, 0.25) is 0 Å². The maximum atomic E-state index is 13.3. The quantitative estimate of drug-likeness (QED) is 0.717. The van der Waals surface area contributed by atoms with Crippen molar-refractivity contribution in [1.29, 1.82) is 0 Å². The molecule has 1 aliphatic heterocycles. The van der Waals surface area contributed by atoms with Gasteiger partial charge >= 0.3 is 5.97 Å². The number of benzene rings is 1. The van der Waals surface area contributed by atoms with Gasteiger partial charge in [0, 0.05) is 25.1 Å². The molecule has 27 heavy (non-hydrogen) atoms. The summed E-state index contributed by atoms with van der Waals surface area (Å²) in [4.78, 5) is 12.3. The molecule has 1 aliphatic rings. The summed E-state index contributed by atoms with van der Waals surface area (Å²) in [5, 5.41) is 3.78. The molecule has 1 aromatic heterocycles. The van der Waals surface area contributed by atoms with Crippen molar-refractivity contribution in [3.63, 3.8) is 0 Å². The lowest BCUT2D eigenvalue weighted by Crippen LogP contribution is -2.36. The van der Waals surface area contributed by atoms with Gasteiger partial charge in [0.2, 0.25) is 10.0 Å². The Bertz CT molecular complexity index is 957. The third kappa shape index (κ3) is 3.44. The summed E-state index contributed by atoms with van der Waals surface area (Å²) in [6.45, 7) is 5.63. The highest BCUT2D eigenvalue weighted by Gasteiger charge is 2.35. The first-order valence-electron chi connectivity index (χ1n) is 8.59. The minimum Gasteiger partial charge on any atom is -0.497 e. The molecule has 0 atom stereocenters. The highest BCUT2D eigenvalue weighted by molar-refractivity contribution is 7.89. The summed E-state index contributed by atoms with van der Waals surface area (Å²) in [5.41, 5.74) is 1.71. The lowest BCUT2D eigenvalue weighted by atomic mass is 10.1. The molecule has 0 fully saturated rings. The van der Waals surface area contributed by atoms with Crippen molar-refractivity contribution in [3.8, 4) is 5.75 Å². The van der Waals surface area contributed by atoms with Crippen LogP contribution in [0.5, 0.6) is 5.75 Å². The molecule has 0 radical (unpaired) electrons. The lowest BCUT2D eigenvalue weighted by Gasteiger charge is -2.27. The molecule has 146 valence electrons. The van der Waals surface area contributed by atoms with Gasteiger partial charge < -0.3 is 14.0 Å². The molecule has 0 saturated heterocycles. The molecular weight excluding hydrogens is 372 g/mol. The number of hydrogen-bond acceptors (Lipinski definition) is 7. The monoisotopic (exact) mass is 394 g/mol. The van der Waals surface area contributed by atoms with Gasteiger partial charge in [0.15, 0.2) is 5.69 Å². The van der Waals surface area contributed by atoms with Crippen molar-refractivity contribution in [2.75, 3.05) is 20.3 Å². The fourth-order valence-corrected chi connectivity index (χ4v) is 5.13. The standard InChI is InChI=1S/C18H22N2O6S/c1-5-25-18(21)16-14-10-20(7-6-15(14)26-19-16)27(22,23)17-11(2)8-13(24-4)9-12(17)3/h8-9H,5-7,10H2,1-4H3. The van der Waals surface area contributed by atoms with Crippen LogP contribution < -0.4 is 4.74 Å². The minimum atomic E-state index is -3.77. The first-order chi connectivity index (χ1) is 12.8. The average Bonchev–Trinajstić information content (AvgIpc) is 3.04. The van der Waals surface area contributed by atoms with Gasteiger partial charge in [-0.25, -0.2) is 13.2 Å². The second-order valence-corrected chi connectivity index (χ2v) is 8.21. The van der Waals surface area contributed by atoms with Crippen molar-refractivity contribution in [2.24, 2.45) is 0 Å². The van der Waals surface area contributed by atoms with E-state index in [0.29, 0.717) is 34.6 Å². The number of methoxy groups -OCH3 is 1. The largest absolute Gasteiger partial charge is 0.497 e. The molecule has 2 aromatic rings. The number of hydrogen-bond donors (Lipinski definition) is 0. The first kappa shape index (κ1) is 19.4.